The first-order chi connectivity index (χ1) is 7.86. The highest BCUT2D eigenvalue weighted by molar-refractivity contribution is 4.99. The summed E-state index contributed by atoms with van der Waals surface area (Å²) in [7, 11) is 0. The summed E-state index contributed by atoms with van der Waals surface area (Å²) in [6.45, 7) is 10.5. The minimum Gasteiger partial charge on any atom is -0.314 e. The van der Waals surface area contributed by atoms with Crippen molar-refractivity contribution >= 4 is 0 Å². The van der Waals surface area contributed by atoms with Crippen LogP contribution in [0.5, 0.6) is 0 Å². The normalized spacial score (nSPS) is 28.2. The Morgan fingerprint density at radius 1 is 1.06 bits per heavy atom. The predicted molar refractivity (Wildman–Crippen MR) is 74.3 cm³/mol. The van der Waals surface area contributed by atoms with Crippen LogP contribution in [0, 0.1) is 5.92 Å². The molecule has 2 aliphatic rings. The SMILES string of the molecule is CC1(C)CC(NCCCC2CC2)CC(C)(C)N1. The van der Waals surface area contributed by atoms with Crippen LogP contribution in [0.2, 0.25) is 0 Å². The van der Waals surface area contributed by atoms with Crippen LogP contribution in [-0.4, -0.2) is 23.7 Å². The lowest BCUT2D eigenvalue weighted by Crippen LogP contribution is -2.61. The molecule has 0 spiro atoms. The molecule has 0 radical (unpaired) electrons. The maximum atomic E-state index is 3.78. The highest BCUT2D eigenvalue weighted by Crippen LogP contribution is 2.33. The lowest BCUT2D eigenvalue weighted by Gasteiger charge is -2.46. The van der Waals surface area contributed by atoms with Gasteiger partial charge >= 0.3 is 0 Å². The van der Waals surface area contributed by atoms with Gasteiger partial charge in [-0.3, -0.25) is 0 Å². The zero-order valence-corrected chi connectivity index (χ0v) is 12.1. The molecule has 2 nitrogen and oxygen atoms in total. The van der Waals surface area contributed by atoms with Gasteiger partial charge in [0.05, 0.1) is 0 Å². The maximum absolute atomic E-state index is 3.78. The molecule has 0 aromatic rings. The van der Waals surface area contributed by atoms with E-state index < -0.39 is 0 Å². The van der Waals surface area contributed by atoms with Gasteiger partial charge in [0.15, 0.2) is 0 Å². The molecule has 100 valence electrons. The smallest absolute Gasteiger partial charge is 0.0144 e. The third-order valence-electron chi connectivity index (χ3n) is 4.11. The van der Waals surface area contributed by atoms with Gasteiger partial charge in [-0.25, -0.2) is 0 Å². The molecule has 2 N–H and O–H groups in total. The molecule has 2 fully saturated rings. The molecule has 1 aliphatic heterocycles. The highest BCUT2D eigenvalue weighted by Gasteiger charge is 2.37. The largest absolute Gasteiger partial charge is 0.314 e. The van der Waals surface area contributed by atoms with Gasteiger partial charge in [0.2, 0.25) is 0 Å². The van der Waals surface area contributed by atoms with Crippen LogP contribution in [0.4, 0.5) is 0 Å². The maximum Gasteiger partial charge on any atom is 0.0144 e. The Morgan fingerprint density at radius 3 is 2.18 bits per heavy atom. The summed E-state index contributed by atoms with van der Waals surface area (Å²) in [5.74, 6) is 1.08. The van der Waals surface area contributed by atoms with Crippen LogP contribution in [0.1, 0.15) is 66.2 Å². The molecule has 0 unspecified atom stereocenters. The van der Waals surface area contributed by atoms with Crippen molar-refractivity contribution in [2.75, 3.05) is 6.54 Å². The number of piperidine rings is 1. The molecule has 2 rings (SSSR count). The van der Waals surface area contributed by atoms with Gasteiger partial charge in [-0.15, -0.1) is 0 Å². The first-order valence-corrected chi connectivity index (χ1v) is 7.39. The van der Waals surface area contributed by atoms with Crippen LogP contribution in [0.15, 0.2) is 0 Å². The minimum absolute atomic E-state index is 0.274. The molecule has 1 heterocycles. The van der Waals surface area contributed by atoms with Crippen LogP contribution < -0.4 is 10.6 Å². The van der Waals surface area contributed by atoms with Crippen molar-refractivity contribution in [2.24, 2.45) is 5.92 Å². The van der Waals surface area contributed by atoms with E-state index in [9.17, 15) is 0 Å². The van der Waals surface area contributed by atoms with E-state index >= 15 is 0 Å². The van der Waals surface area contributed by atoms with Crippen molar-refractivity contribution in [3.05, 3.63) is 0 Å². The number of rotatable bonds is 5. The quantitative estimate of drug-likeness (QED) is 0.719. The Balaban J connectivity index is 1.71. The molecule has 1 saturated heterocycles. The fourth-order valence-electron chi connectivity index (χ4n) is 3.57. The second-order valence-corrected chi connectivity index (χ2v) is 7.54. The van der Waals surface area contributed by atoms with Gasteiger partial charge in [-0.05, 0) is 65.8 Å². The molecular weight excluding hydrogens is 208 g/mol. The third kappa shape index (κ3) is 4.59. The Hall–Kier alpha value is -0.0800. The van der Waals surface area contributed by atoms with E-state index in [1.54, 1.807) is 0 Å². The fraction of sp³-hybridized carbons (Fsp3) is 1.00. The van der Waals surface area contributed by atoms with Crippen LogP contribution >= 0.6 is 0 Å². The lowest BCUT2D eigenvalue weighted by molar-refractivity contribution is 0.146. The summed E-state index contributed by atoms with van der Waals surface area (Å²) in [6, 6.07) is 0.695. The Bertz CT molecular complexity index is 238. The van der Waals surface area contributed by atoms with Crippen molar-refractivity contribution in [2.45, 2.75) is 83.3 Å². The first-order valence-electron chi connectivity index (χ1n) is 7.39. The Morgan fingerprint density at radius 2 is 1.65 bits per heavy atom. The van der Waals surface area contributed by atoms with Crippen molar-refractivity contribution in [3.63, 3.8) is 0 Å². The summed E-state index contributed by atoms with van der Waals surface area (Å²) < 4.78 is 0. The highest BCUT2D eigenvalue weighted by atomic mass is 15.1. The molecular formula is C15H30N2. The first kappa shape index (κ1) is 13.4. The number of hydrogen-bond donors (Lipinski definition) is 2. The van der Waals surface area contributed by atoms with Crippen molar-refractivity contribution in [3.8, 4) is 0 Å². The van der Waals surface area contributed by atoms with E-state index in [4.69, 9.17) is 0 Å². The van der Waals surface area contributed by atoms with Crippen LogP contribution in [-0.2, 0) is 0 Å². The number of nitrogens with one attached hydrogen (secondary N) is 2. The lowest BCUT2D eigenvalue weighted by atomic mass is 9.79. The van der Waals surface area contributed by atoms with Gasteiger partial charge in [0.25, 0.3) is 0 Å². The van der Waals surface area contributed by atoms with E-state index in [-0.39, 0.29) is 11.1 Å². The monoisotopic (exact) mass is 238 g/mol. The zero-order valence-electron chi connectivity index (χ0n) is 12.1. The van der Waals surface area contributed by atoms with Gasteiger partial charge in [0, 0.05) is 17.1 Å². The Labute approximate surface area is 107 Å². The van der Waals surface area contributed by atoms with Crippen molar-refractivity contribution in [1.82, 2.24) is 10.6 Å². The van der Waals surface area contributed by atoms with Gasteiger partial charge in [0.1, 0.15) is 0 Å². The molecule has 0 amide bonds. The summed E-state index contributed by atoms with van der Waals surface area (Å²) in [6.07, 6.45) is 8.31. The van der Waals surface area contributed by atoms with Crippen molar-refractivity contribution in [1.29, 1.82) is 0 Å². The van der Waals surface area contributed by atoms with Gasteiger partial charge in [-0.2, -0.15) is 0 Å². The van der Waals surface area contributed by atoms with E-state index in [0.29, 0.717) is 6.04 Å². The minimum atomic E-state index is 0.274. The molecule has 0 atom stereocenters. The molecule has 0 aromatic carbocycles. The van der Waals surface area contributed by atoms with E-state index in [0.717, 1.165) is 5.92 Å². The topological polar surface area (TPSA) is 24.1 Å². The van der Waals surface area contributed by atoms with Crippen molar-refractivity contribution < 1.29 is 0 Å². The van der Waals surface area contributed by atoms with Gasteiger partial charge in [-0.1, -0.05) is 12.8 Å². The number of hydrogen-bond acceptors (Lipinski definition) is 2. The second-order valence-electron chi connectivity index (χ2n) is 7.54. The summed E-state index contributed by atoms with van der Waals surface area (Å²) in [4.78, 5) is 0. The molecule has 17 heavy (non-hydrogen) atoms. The summed E-state index contributed by atoms with van der Waals surface area (Å²) in [5.41, 5.74) is 0.547. The van der Waals surface area contributed by atoms with Crippen LogP contribution in [0.3, 0.4) is 0 Å². The molecule has 0 bridgehead atoms. The van der Waals surface area contributed by atoms with E-state index in [1.165, 1.54) is 45.1 Å². The second kappa shape index (κ2) is 4.89. The average molecular weight is 238 g/mol. The van der Waals surface area contributed by atoms with E-state index in [2.05, 4.69) is 38.3 Å². The molecule has 1 aliphatic carbocycles. The average Bonchev–Trinajstić information content (AvgIpc) is 2.90. The zero-order chi connectivity index (χ0) is 12.5. The standard InChI is InChI=1S/C15H30N2/c1-14(2)10-13(11-15(3,4)17-14)16-9-5-6-12-7-8-12/h12-13,16-17H,5-11H2,1-4H3. The summed E-state index contributed by atoms with van der Waals surface area (Å²) >= 11 is 0. The van der Waals surface area contributed by atoms with E-state index in [1.807, 2.05) is 0 Å². The fourth-order valence-corrected chi connectivity index (χ4v) is 3.57. The van der Waals surface area contributed by atoms with Crippen LogP contribution in [0.25, 0.3) is 0 Å². The molecule has 0 aromatic heterocycles. The summed E-state index contributed by atoms with van der Waals surface area (Å²) in [5, 5.41) is 7.52. The molecule has 2 heteroatoms. The third-order valence-corrected chi connectivity index (χ3v) is 4.11. The predicted octanol–water partition coefficient (Wildman–Crippen LogP) is 3.08. The Kier molecular flexibility index (Phi) is 3.84. The molecule has 1 saturated carbocycles. The van der Waals surface area contributed by atoms with Gasteiger partial charge < -0.3 is 10.6 Å².